The van der Waals surface area contributed by atoms with E-state index in [1.807, 2.05) is 20.8 Å². The van der Waals surface area contributed by atoms with Gasteiger partial charge in [0.1, 0.15) is 0 Å². The molecular weight excluding hydrogens is 268 g/mol. The Morgan fingerprint density at radius 3 is 2.57 bits per heavy atom. The Bertz CT molecular complexity index is 689. The van der Waals surface area contributed by atoms with Gasteiger partial charge in [0.15, 0.2) is 0 Å². The van der Waals surface area contributed by atoms with Gasteiger partial charge in [-0.3, -0.25) is 14.3 Å². The van der Waals surface area contributed by atoms with E-state index in [0.29, 0.717) is 16.8 Å². The van der Waals surface area contributed by atoms with Crippen molar-refractivity contribution in [3.63, 3.8) is 0 Å². The Balaban J connectivity index is 2.22. The highest BCUT2D eigenvalue weighted by Crippen LogP contribution is 2.18. The molecule has 0 saturated heterocycles. The minimum atomic E-state index is -0.530. The van der Waals surface area contributed by atoms with Crippen molar-refractivity contribution in [1.29, 1.82) is 0 Å². The van der Waals surface area contributed by atoms with Crippen LogP contribution in [-0.4, -0.2) is 21.6 Å². The Morgan fingerprint density at radius 1 is 1.29 bits per heavy atom. The van der Waals surface area contributed by atoms with Gasteiger partial charge in [0.05, 0.1) is 11.8 Å². The molecule has 3 N–H and O–H groups in total. The molecule has 6 heteroatoms. The zero-order chi connectivity index (χ0) is 15.6. The minimum Gasteiger partial charge on any atom is -0.366 e. The molecular formula is C15H18N4O2. The quantitative estimate of drug-likeness (QED) is 0.902. The summed E-state index contributed by atoms with van der Waals surface area (Å²) in [5.74, 6) is -0.801. The molecule has 0 radical (unpaired) electrons. The first-order valence-corrected chi connectivity index (χ1v) is 6.64. The fourth-order valence-corrected chi connectivity index (χ4v) is 1.84. The number of anilines is 1. The third-order valence-corrected chi connectivity index (χ3v) is 3.16. The van der Waals surface area contributed by atoms with E-state index in [2.05, 4.69) is 10.4 Å². The number of hydrogen-bond acceptors (Lipinski definition) is 3. The number of carbonyl (C=O) groups excluding carboxylic acids is 2. The molecule has 0 fully saturated rings. The summed E-state index contributed by atoms with van der Waals surface area (Å²) >= 11 is 0. The Labute approximate surface area is 122 Å². The van der Waals surface area contributed by atoms with E-state index in [1.165, 1.54) is 6.20 Å². The molecule has 0 saturated carbocycles. The molecule has 2 aromatic rings. The van der Waals surface area contributed by atoms with E-state index in [0.717, 1.165) is 5.56 Å². The van der Waals surface area contributed by atoms with E-state index in [9.17, 15) is 9.59 Å². The second kappa shape index (κ2) is 5.78. The Hall–Kier alpha value is -2.63. The van der Waals surface area contributed by atoms with E-state index < -0.39 is 5.91 Å². The molecule has 2 rings (SSSR count). The lowest BCUT2D eigenvalue weighted by Crippen LogP contribution is -2.15. The van der Waals surface area contributed by atoms with E-state index in [-0.39, 0.29) is 11.9 Å². The van der Waals surface area contributed by atoms with Crippen molar-refractivity contribution in [3.05, 3.63) is 47.3 Å². The molecule has 1 heterocycles. The average molecular weight is 286 g/mol. The molecule has 0 aliphatic rings. The average Bonchev–Trinajstić information content (AvgIpc) is 2.90. The van der Waals surface area contributed by atoms with Crippen LogP contribution in [0, 0.1) is 6.92 Å². The number of primary amides is 1. The highest BCUT2D eigenvalue weighted by Gasteiger charge is 2.12. The van der Waals surface area contributed by atoms with E-state index in [4.69, 9.17) is 5.73 Å². The van der Waals surface area contributed by atoms with Crippen LogP contribution in [0.1, 0.15) is 46.2 Å². The number of hydrogen-bond donors (Lipinski definition) is 2. The maximum absolute atomic E-state index is 12.2. The number of aromatic nitrogens is 2. The van der Waals surface area contributed by atoms with Crippen LogP contribution < -0.4 is 11.1 Å². The lowest BCUT2D eigenvalue weighted by Gasteiger charge is -2.09. The summed E-state index contributed by atoms with van der Waals surface area (Å²) in [5.41, 5.74) is 7.48. The van der Waals surface area contributed by atoms with Gasteiger partial charge in [0, 0.05) is 23.5 Å². The van der Waals surface area contributed by atoms with Crippen LogP contribution in [0.3, 0.4) is 0 Å². The molecule has 0 aliphatic carbocycles. The molecule has 0 atom stereocenters. The highest BCUT2D eigenvalue weighted by atomic mass is 16.2. The van der Waals surface area contributed by atoms with Crippen LogP contribution in [0.5, 0.6) is 0 Å². The second-order valence-corrected chi connectivity index (χ2v) is 5.15. The summed E-state index contributed by atoms with van der Waals surface area (Å²) < 4.78 is 1.71. The zero-order valence-corrected chi connectivity index (χ0v) is 12.3. The number of nitrogens with one attached hydrogen (secondary N) is 1. The van der Waals surface area contributed by atoms with E-state index in [1.54, 1.807) is 29.1 Å². The SMILES string of the molecule is Cc1ccc(C(N)=O)cc1NC(=O)c1cnn(C(C)C)c1. The van der Waals surface area contributed by atoms with Crippen molar-refractivity contribution in [2.75, 3.05) is 5.32 Å². The monoisotopic (exact) mass is 286 g/mol. The summed E-state index contributed by atoms with van der Waals surface area (Å²) in [6.45, 7) is 5.81. The van der Waals surface area contributed by atoms with Gasteiger partial charge in [0.2, 0.25) is 5.91 Å². The van der Waals surface area contributed by atoms with Gasteiger partial charge in [-0.15, -0.1) is 0 Å². The van der Waals surface area contributed by atoms with Gasteiger partial charge >= 0.3 is 0 Å². The Morgan fingerprint density at radius 2 is 2.00 bits per heavy atom. The predicted molar refractivity (Wildman–Crippen MR) is 80.3 cm³/mol. The smallest absolute Gasteiger partial charge is 0.258 e. The van der Waals surface area contributed by atoms with Gasteiger partial charge in [0.25, 0.3) is 5.91 Å². The highest BCUT2D eigenvalue weighted by molar-refractivity contribution is 6.05. The largest absolute Gasteiger partial charge is 0.366 e. The number of nitrogens with two attached hydrogens (primary N) is 1. The first-order valence-electron chi connectivity index (χ1n) is 6.64. The lowest BCUT2D eigenvalue weighted by atomic mass is 10.1. The van der Waals surface area contributed by atoms with Crippen molar-refractivity contribution >= 4 is 17.5 Å². The standard InChI is InChI=1S/C15H18N4O2/c1-9(2)19-8-12(7-17-19)15(21)18-13-6-11(14(16)20)5-4-10(13)3/h4-9H,1-3H3,(H2,16,20)(H,18,21). The molecule has 110 valence electrons. The van der Waals surface area contributed by atoms with E-state index >= 15 is 0 Å². The zero-order valence-electron chi connectivity index (χ0n) is 12.3. The van der Waals surface area contributed by atoms with Gasteiger partial charge in [-0.05, 0) is 38.5 Å². The number of amides is 2. The summed E-state index contributed by atoms with van der Waals surface area (Å²) in [6.07, 6.45) is 3.20. The number of benzene rings is 1. The normalized spacial score (nSPS) is 10.7. The molecule has 21 heavy (non-hydrogen) atoms. The van der Waals surface area contributed by atoms with Gasteiger partial charge < -0.3 is 11.1 Å². The van der Waals surface area contributed by atoms with Gasteiger partial charge in [-0.25, -0.2) is 0 Å². The maximum atomic E-state index is 12.2. The second-order valence-electron chi connectivity index (χ2n) is 5.15. The summed E-state index contributed by atoms with van der Waals surface area (Å²) in [5, 5.41) is 6.90. The van der Waals surface area contributed by atoms with Gasteiger partial charge in [-0.1, -0.05) is 6.07 Å². The fourth-order valence-electron chi connectivity index (χ4n) is 1.84. The molecule has 0 unspecified atom stereocenters. The summed E-state index contributed by atoms with van der Waals surface area (Å²) in [7, 11) is 0. The fraction of sp³-hybridized carbons (Fsp3) is 0.267. The number of aryl methyl sites for hydroxylation is 1. The minimum absolute atomic E-state index is 0.187. The van der Waals surface area contributed by atoms with Crippen molar-refractivity contribution in [2.24, 2.45) is 5.73 Å². The topological polar surface area (TPSA) is 90.0 Å². The van der Waals surface area contributed by atoms with Crippen molar-refractivity contribution in [3.8, 4) is 0 Å². The third kappa shape index (κ3) is 3.28. The van der Waals surface area contributed by atoms with Gasteiger partial charge in [-0.2, -0.15) is 5.10 Å². The van der Waals surface area contributed by atoms with Crippen molar-refractivity contribution in [2.45, 2.75) is 26.8 Å². The first kappa shape index (κ1) is 14.8. The van der Waals surface area contributed by atoms with Crippen molar-refractivity contribution < 1.29 is 9.59 Å². The number of rotatable bonds is 4. The third-order valence-electron chi connectivity index (χ3n) is 3.16. The molecule has 6 nitrogen and oxygen atoms in total. The molecule has 2 amide bonds. The first-order chi connectivity index (χ1) is 9.88. The molecule has 0 spiro atoms. The van der Waals surface area contributed by atoms with Crippen LogP contribution in [-0.2, 0) is 0 Å². The number of carbonyl (C=O) groups is 2. The lowest BCUT2D eigenvalue weighted by molar-refractivity contribution is 0.0996. The van der Waals surface area contributed by atoms with Crippen LogP contribution in [0.4, 0.5) is 5.69 Å². The Kier molecular flexibility index (Phi) is 4.07. The maximum Gasteiger partial charge on any atom is 0.258 e. The molecule has 0 bridgehead atoms. The predicted octanol–water partition coefficient (Wildman–Crippen LogP) is 2.12. The molecule has 1 aromatic carbocycles. The van der Waals surface area contributed by atoms with Crippen LogP contribution >= 0.6 is 0 Å². The van der Waals surface area contributed by atoms with Crippen LogP contribution in [0.2, 0.25) is 0 Å². The van der Waals surface area contributed by atoms with Crippen LogP contribution in [0.25, 0.3) is 0 Å². The molecule has 1 aromatic heterocycles. The molecule has 0 aliphatic heterocycles. The van der Waals surface area contributed by atoms with Crippen LogP contribution in [0.15, 0.2) is 30.6 Å². The summed E-state index contributed by atoms with van der Waals surface area (Å²) in [6, 6.07) is 5.13. The number of nitrogens with zero attached hydrogens (tertiary/aromatic N) is 2. The van der Waals surface area contributed by atoms with Crippen molar-refractivity contribution in [1.82, 2.24) is 9.78 Å². The summed E-state index contributed by atoms with van der Waals surface area (Å²) in [4.78, 5) is 23.4.